The molecule has 1 aromatic rings. The summed E-state index contributed by atoms with van der Waals surface area (Å²) in [5.41, 5.74) is 2.10. The van der Waals surface area contributed by atoms with Gasteiger partial charge in [-0.2, -0.15) is 0 Å². The molecule has 0 aromatic heterocycles. The van der Waals surface area contributed by atoms with Gasteiger partial charge in [-0.25, -0.2) is 0 Å². The highest BCUT2D eigenvalue weighted by atomic mass is 16.3. The molecule has 0 radical (unpaired) electrons. The second-order valence-corrected chi connectivity index (χ2v) is 3.67. The summed E-state index contributed by atoms with van der Waals surface area (Å²) in [6.45, 7) is 4.59. The van der Waals surface area contributed by atoms with Gasteiger partial charge in [0, 0.05) is 12.2 Å². The van der Waals surface area contributed by atoms with Crippen molar-refractivity contribution in [1.82, 2.24) is 4.90 Å². The fraction of sp³-hybridized carbons (Fsp3) is 0.364. The van der Waals surface area contributed by atoms with Crippen LogP contribution in [0.4, 0.5) is 5.69 Å². The largest absolute Gasteiger partial charge is 0.508 e. The Kier molecular flexibility index (Phi) is 2.76. The number of nitrogens with zero attached hydrogens (tertiary/aromatic N) is 2. The molecule has 0 saturated carbocycles. The summed E-state index contributed by atoms with van der Waals surface area (Å²) in [7, 11) is 0. The topological polar surface area (TPSA) is 47.9 Å². The molecule has 1 aliphatic rings. The minimum absolute atomic E-state index is 0.306. The molecule has 0 amide bonds. The van der Waals surface area contributed by atoms with E-state index in [2.05, 4.69) is 15.2 Å². The SMILES string of the molecule is Cc1cc(O)ccc1NCN1C=NCC1. The molecule has 80 valence electrons. The number of aromatic hydroxyl groups is 1. The minimum atomic E-state index is 0.306. The first-order valence-corrected chi connectivity index (χ1v) is 5.03. The number of anilines is 1. The smallest absolute Gasteiger partial charge is 0.115 e. The summed E-state index contributed by atoms with van der Waals surface area (Å²) in [4.78, 5) is 6.25. The molecule has 0 atom stereocenters. The van der Waals surface area contributed by atoms with Crippen molar-refractivity contribution in [2.24, 2.45) is 4.99 Å². The van der Waals surface area contributed by atoms with E-state index in [1.54, 1.807) is 12.1 Å². The predicted molar refractivity (Wildman–Crippen MR) is 61.4 cm³/mol. The minimum Gasteiger partial charge on any atom is -0.508 e. The van der Waals surface area contributed by atoms with Crippen LogP contribution in [0.2, 0.25) is 0 Å². The van der Waals surface area contributed by atoms with Gasteiger partial charge < -0.3 is 15.3 Å². The van der Waals surface area contributed by atoms with Crippen molar-refractivity contribution >= 4 is 12.0 Å². The highest BCUT2D eigenvalue weighted by Crippen LogP contribution is 2.19. The van der Waals surface area contributed by atoms with Crippen molar-refractivity contribution in [2.75, 3.05) is 25.1 Å². The lowest BCUT2D eigenvalue weighted by Gasteiger charge is -2.16. The molecule has 4 heteroatoms. The fourth-order valence-corrected chi connectivity index (χ4v) is 1.57. The van der Waals surface area contributed by atoms with Gasteiger partial charge in [-0.1, -0.05) is 0 Å². The predicted octanol–water partition coefficient (Wildman–Crippen LogP) is 1.41. The lowest BCUT2D eigenvalue weighted by atomic mass is 10.2. The summed E-state index contributed by atoms with van der Waals surface area (Å²) in [6, 6.07) is 5.33. The number of hydrogen-bond acceptors (Lipinski definition) is 4. The summed E-state index contributed by atoms with van der Waals surface area (Å²) in [6.07, 6.45) is 1.86. The number of nitrogens with one attached hydrogen (secondary N) is 1. The van der Waals surface area contributed by atoms with Crippen LogP contribution in [0.25, 0.3) is 0 Å². The lowest BCUT2D eigenvalue weighted by Crippen LogP contribution is -2.26. The van der Waals surface area contributed by atoms with Gasteiger partial charge in [0.15, 0.2) is 0 Å². The maximum absolute atomic E-state index is 9.26. The molecular weight excluding hydrogens is 190 g/mol. The zero-order chi connectivity index (χ0) is 10.7. The van der Waals surface area contributed by atoms with Gasteiger partial charge in [-0.05, 0) is 30.7 Å². The van der Waals surface area contributed by atoms with E-state index in [-0.39, 0.29) is 0 Å². The van der Waals surface area contributed by atoms with E-state index in [9.17, 15) is 5.11 Å². The molecule has 0 unspecified atom stereocenters. The number of phenolic OH excluding ortho intramolecular Hbond substituents is 1. The average Bonchev–Trinajstić information content (AvgIpc) is 2.69. The van der Waals surface area contributed by atoms with E-state index in [0.29, 0.717) is 5.75 Å². The molecule has 1 aromatic carbocycles. The van der Waals surface area contributed by atoms with Crippen LogP contribution in [0.1, 0.15) is 5.56 Å². The fourth-order valence-electron chi connectivity index (χ4n) is 1.57. The van der Waals surface area contributed by atoms with Crippen molar-refractivity contribution in [3.8, 4) is 5.75 Å². The Morgan fingerprint density at radius 1 is 1.53 bits per heavy atom. The van der Waals surface area contributed by atoms with Crippen LogP contribution < -0.4 is 5.32 Å². The Hall–Kier alpha value is -1.71. The first-order chi connectivity index (χ1) is 7.25. The maximum atomic E-state index is 9.26. The van der Waals surface area contributed by atoms with Gasteiger partial charge >= 0.3 is 0 Å². The average molecular weight is 205 g/mol. The monoisotopic (exact) mass is 205 g/mol. The first-order valence-electron chi connectivity index (χ1n) is 5.03. The summed E-state index contributed by atoms with van der Waals surface area (Å²) < 4.78 is 0. The molecule has 2 N–H and O–H groups in total. The molecule has 1 aliphatic heterocycles. The Morgan fingerprint density at radius 2 is 2.40 bits per heavy atom. The van der Waals surface area contributed by atoms with Crippen molar-refractivity contribution in [3.05, 3.63) is 23.8 Å². The second kappa shape index (κ2) is 4.21. The van der Waals surface area contributed by atoms with Crippen molar-refractivity contribution in [3.63, 3.8) is 0 Å². The number of aryl methyl sites for hydroxylation is 1. The van der Waals surface area contributed by atoms with Gasteiger partial charge in [0.2, 0.25) is 0 Å². The molecule has 1 heterocycles. The van der Waals surface area contributed by atoms with E-state index in [0.717, 1.165) is 31.0 Å². The Balaban J connectivity index is 1.95. The van der Waals surface area contributed by atoms with E-state index >= 15 is 0 Å². The van der Waals surface area contributed by atoms with Crippen LogP contribution in [0.5, 0.6) is 5.75 Å². The lowest BCUT2D eigenvalue weighted by molar-refractivity contribution is 0.474. The standard InChI is InChI=1S/C11H15N3O/c1-9-6-10(15)2-3-11(9)13-8-14-5-4-12-7-14/h2-3,6-7,13,15H,4-5,8H2,1H3. The van der Waals surface area contributed by atoms with Crippen LogP contribution in [0.15, 0.2) is 23.2 Å². The Bertz CT molecular complexity index is 376. The van der Waals surface area contributed by atoms with Crippen molar-refractivity contribution in [1.29, 1.82) is 0 Å². The number of benzene rings is 1. The molecule has 0 fully saturated rings. The van der Waals surface area contributed by atoms with Crippen LogP contribution in [-0.2, 0) is 0 Å². The molecule has 4 nitrogen and oxygen atoms in total. The second-order valence-electron chi connectivity index (χ2n) is 3.67. The molecule has 0 spiro atoms. The van der Waals surface area contributed by atoms with Crippen LogP contribution in [0.3, 0.4) is 0 Å². The van der Waals surface area contributed by atoms with Gasteiger partial charge in [-0.15, -0.1) is 0 Å². The number of aliphatic imine (C=N–C) groups is 1. The Labute approximate surface area is 89.2 Å². The van der Waals surface area contributed by atoms with Gasteiger partial charge in [0.1, 0.15) is 5.75 Å². The molecule has 0 saturated heterocycles. The van der Waals surface area contributed by atoms with Gasteiger partial charge in [-0.3, -0.25) is 4.99 Å². The van der Waals surface area contributed by atoms with Crippen molar-refractivity contribution < 1.29 is 5.11 Å². The third kappa shape index (κ3) is 2.40. The highest BCUT2D eigenvalue weighted by Gasteiger charge is 2.05. The first kappa shape index (κ1) is 9.83. The van der Waals surface area contributed by atoms with E-state index < -0.39 is 0 Å². The molecule has 2 rings (SSSR count). The van der Waals surface area contributed by atoms with Crippen molar-refractivity contribution in [2.45, 2.75) is 6.92 Å². The molecule has 0 bridgehead atoms. The number of rotatable bonds is 3. The van der Waals surface area contributed by atoms with E-state index in [1.807, 2.05) is 19.3 Å². The van der Waals surface area contributed by atoms with E-state index in [4.69, 9.17) is 0 Å². The van der Waals surface area contributed by atoms with E-state index in [1.165, 1.54) is 0 Å². The van der Waals surface area contributed by atoms with Gasteiger partial charge in [0.05, 0.1) is 19.6 Å². The summed E-state index contributed by atoms with van der Waals surface area (Å²) in [5.74, 6) is 0.306. The quantitative estimate of drug-likeness (QED) is 0.733. The zero-order valence-electron chi connectivity index (χ0n) is 8.77. The molecular formula is C11H15N3O. The van der Waals surface area contributed by atoms with Gasteiger partial charge in [0.25, 0.3) is 0 Å². The van der Waals surface area contributed by atoms with Crippen LogP contribution in [-0.4, -0.2) is 36.1 Å². The Morgan fingerprint density at radius 3 is 3.07 bits per heavy atom. The third-order valence-electron chi connectivity index (χ3n) is 2.44. The maximum Gasteiger partial charge on any atom is 0.115 e. The zero-order valence-corrected chi connectivity index (χ0v) is 8.77. The summed E-state index contributed by atoms with van der Waals surface area (Å²) in [5, 5.41) is 12.6. The third-order valence-corrected chi connectivity index (χ3v) is 2.44. The number of hydrogen-bond donors (Lipinski definition) is 2. The normalized spacial score (nSPS) is 14.6. The van der Waals surface area contributed by atoms with Crippen LogP contribution >= 0.6 is 0 Å². The van der Waals surface area contributed by atoms with Crippen LogP contribution in [0, 0.1) is 6.92 Å². The molecule has 15 heavy (non-hydrogen) atoms. The number of phenols is 1. The molecule has 0 aliphatic carbocycles. The highest BCUT2D eigenvalue weighted by molar-refractivity contribution is 5.59. The summed E-state index contributed by atoms with van der Waals surface area (Å²) >= 11 is 0.